The van der Waals surface area contributed by atoms with Gasteiger partial charge in [0.15, 0.2) is 0 Å². The van der Waals surface area contributed by atoms with E-state index in [-0.39, 0.29) is 5.54 Å². The second-order valence-electron chi connectivity index (χ2n) is 7.51. The lowest BCUT2D eigenvalue weighted by Gasteiger charge is -2.20. The molecule has 3 aromatic rings. The summed E-state index contributed by atoms with van der Waals surface area (Å²) in [6, 6.07) is 14.3. The van der Waals surface area contributed by atoms with E-state index in [0.717, 1.165) is 18.7 Å². The highest BCUT2D eigenvalue weighted by atomic mass is 35.5. The molecule has 0 atom stereocenters. The summed E-state index contributed by atoms with van der Waals surface area (Å²) in [6.45, 7) is 10.3. The van der Waals surface area contributed by atoms with Gasteiger partial charge in [-0.2, -0.15) is 0 Å². The first kappa shape index (κ1) is 18.3. The van der Waals surface area contributed by atoms with Crippen LogP contribution in [-0.4, -0.2) is 10.1 Å². The SMILES string of the molecule is Cc1c(CNC(C)(C)C)c2ccccc2n1Cc1ccc(Cl)cc1Cl. The number of fused-ring (bicyclic) bond motifs is 1. The largest absolute Gasteiger partial charge is 0.340 e. The number of nitrogens with zero attached hydrogens (tertiary/aromatic N) is 1. The third-order valence-corrected chi connectivity index (χ3v) is 5.09. The third kappa shape index (κ3) is 4.03. The van der Waals surface area contributed by atoms with Crippen LogP contribution in [0.25, 0.3) is 10.9 Å². The molecule has 0 radical (unpaired) electrons. The van der Waals surface area contributed by atoms with E-state index in [4.69, 9.17) is 23.2 Å². The summed E-state index contributed by atoms with van der Waals surface area (Å²) in [6.07, 6.45) is 0. The van der Waals surface area contributed by atoms with Crippen LogP contribution in [0.3, 0.4) is 0 Å². The molecule has 0 fully saturated rings. The Morgan fingerprint density at radius 3 is 2.44 bits per heavy atom. The molecule has 1 aromatic heterocycles. The molecule has 0 aliphatic heterocycles. The minimum Gasteiger partial charge on any atom is -0.340 e. The smallest absolute Gasteiger partial charge is 0.0493 e. The molecule has 25 heavy (non-hydrogen) atoms. The van der Waals surface area contributed by atoms with Gasteiger partial charge in [-0.15, -0.1) is 0 Å². The molecule has 0 spiro atoms. The summed E-state index contributed by atoms with van der Waals surface area (Å²) in [5.41, 5.74) is 5.00. The molecule has 0 aliphatic rings. The highest BCUT2D eigenvalue weighted by Crippen LogP contribution is 2.29. The molecule has 0 saturated carbocycles. The van der Waals surface area contributed by atoms with Gasteiger partial charge in [0, 0.05) is 45.3 Å². The Kier molecular flexibility index (Phi) is 5.15. The fraction of sp³-hybridized carbons (Fsp3) is 0.333. The van der Waals surface area contributed by atoms with E-state index < -0.39 is 0 Å². The summed E-state index contributed by atoms with van der Waals surface area (Å²) in [7, 11) is 0. The molecular weight excluding hydrogens is 351 g/mol. The molecule has 2 aromatic carbocycles. The van der Waals surface area contributed by atoms with Crippen LogP contribution >= 0.6 is 23.2 Å². The van der Waals surface area contributed by atoms with E-state index in [1.807, 2.05) is 18.2 Å². The van der Waals surface area contributed by atoms with E-state index in [1.165, 1.54) is 22.2 Å². The van der Waals surface area contributed by atoms with Crippen molar-refractivity contribution >= 4 is 34.1 Å². The van der Waals surface area contributed by atoms with Gasteiger partial charge in [0.2, 0.25) is 0 Å². The molecule has 132 valence electrons. The topological polar surface area (TPSA) is 17.0 Å². The van der Waals surface area contributed by atoms with Crippen LogP contribution in [0.4, 0.5) is 0 Å². The van der Waals surface area contributed by atoms with E-state index in [0.29, 0.717) is 10.0 Å². The van der Waals surface area contributed by atoms with Crippen LogP contribution in [0.1, 0.15) is 37.6 Å². The standard InChI is InChI=1S/C21H24Cl2N2/c1-14-18(12-24-21(2,3)4)17-7-5-6-8-20(17)25(14)13-15-9-10-16(22)11-19(15)23/h5-11,24H,12-13H2,1-4H3. The monoisotopic (exact) mass is 374 g/mol. The van der Waals surface area contributed by atoms with Crippen molar-refractivity contribution in [3.63, 3.8) is 0 Å². The van der Waals surface area contributed by atoms with Crippen LogP contribution in [-0.2, 0) is 13.1 Å². The van der Waals surface area contributed by atoms with E-state index in [9.17, 15) is 0 Å². The summed E-state index contributed by atoms with van der Waals surface area (Å²) in [4.78, 5) is 0. The maximum atomic E-state index is 6.40. The first-order valence-electron chi connectivity index (χ1n) is 8.52. The number of hydrogen-bond donors (Lipinski definition) is 1. The van der Waals surface area contributed by atoms with Crippen LogP contribution in [0.15, 0.2) is 42.5 Å². The normalized spacial score (nSPS) is 12.1. The molecule has 4 heteroatoms. The minimum atomic E-state index is 0.0785. The third-order valence-electron chi connectivity index (χ3n) is 4.50. The second-order valence-corrected chi connectivity index (χ2v) is 8.35. The lowest BCUT2D eigenvalue weighted by Crippen LogP contribution is -2.35. The Morgan fingerprint density at radius 2 is 1.76 bits per heavy atom. The Hall–Kier alpha value is -1.48. The maximum absolute atomic E-state index is 6.40. The number of aromatic nitrogens is 1. The fourth-order valence-electron chi connectivity index (χ4n) is 3.10. The molecule has 3 rings (SSSR count). The predicted molar refractivity (Wildman–Crippen MR) is 109 cm³/mol. The van der Waals surface area contributed by atoms with E-state index >= 15 is 0 Å². The van der Waals surface area contributed by atoms with Crippen molar-refractivity contribution in [2.75, 3.05) is 0 Å². The molecule has 0 amide bonds. The molecule has 0 unspecified atom stereocenters. The van der Waals surface area contributed by atoms with Gasteiger partial charge >= 0.3 is 0 Å². The average Bonchev–Trinajstić information content (AvgIpc) is 2.79. The van der Waals surface area contributed by atoms with Crippen molar-refractivity contribution < 1.29 is 0 Å². The van der Waals surface area contributed by atoms with Gasteiger partial charge in [0.05, 0.1) is 0 Å². The number of para-hydroxylation sites is 1. The molecule has 2 nitrogen and oxygen atoms in total. The number of halogens is 2. The zero-order valence-electron chi connectivity index (χ0n) is 15.2. The van der Waals surface area contributed by atoms with Gasteiger partial charge in [-0.05, 0) is 57.0 Å². The van der Waals surface area contributed by atoms with Crippen LogP contribution in [0.5, 0.6) is 0 Å². The van der Waals surface area contributed by atoms with Crippen LogP contribution in [0, 0.1) is 6.92 Å². The first-order valence-corrected chi connectivity index (χ1v) is 9.27. The number of rotatable bonds is 4. The fourth-order valence-corrected chi connectivity index (χ4v) is 3.57. The summed E-state index contributed by atoms with van der Waals surface area (Å²) >= 11 is 12.4. The van der Waals surface area contributed by atoms with Gasteiger partial charge < -0.3 is 9.88 Å². The van der Waals surface area contributed by atoms with Gasteiger partial charge in [0.25, 0.3) is 0 Å². The zero-order valence-corrected chi connectivity index (χ0v) is 16.7. The van der Waals surface area contributed by atoms with Crippen molar-refractivity contribution in [1.82, 2.24) is 9.88 Å². The molecule has 1 N–H and O–H groups in total. The highest BCUT2D eigenvalue weighted by molar-refractivity contribution is 6.35. The quantitative estimate of drug-likeness (QED) is 0.575. The number of hydrogen-bond acceptors (Lipinski definition) is 1. The summed E-state index contributed by atoms with van der Waals surface area (Å²) < 4.78 is 2.34. The Balaban J connectivity index is 2.04. The van der Waals surface area contributed by atoms with E-state index in [1.54, 1.807) is 0 Å². The lowest BCUT2D eigenvalue weighted by atomic mass is 10.1. The first-order chi connectivity index (χ1) is 11.8. The molecule has 0 saturated heterocycles. The predicted octanol–water partition coefficient (Wildman–Crippen LogP) is 6.19. The van der Waals surface area contributed by atoms with Crippen molar-refractivity contribution in [2.45, 2.75) is 46.3 Å². The van der Waals surface area contributed by atoms with Crippen molar-refractivity contribution in [3.8, 4) is 0 Å². The van der Waals surface area contributed by atoms with Crippen LogP contribution in [0.2, 0.25) is 10.0 Å². The highest BCUT2D eigenvalue weighted by Gasteiger charge is 2.17. The molecule has 0 bridgehead atoms. The molecule has 0 aliphatic carbocycles. The Labute approximate surface area is 159 Å². The van der Waals surface area contributed by atoms with Crippen molar-refractivity contribution in [2.24, 2.45) is 0 Å². The van der Waals surface area contributed by atoms with Gasteiger partial charge in [-0.3, -0.25) is 0 Å². The van der Waals surface area contributed by atoms with Gasteiger partial charge in [-0.25, -0.2) is 0 Å². The molecule has 1 heterocycles. The zero-order chi connectivity index (χ0) is 18.2. The summed E-state index contributed by atoms with van der Waals surface area (Å²) in [5.74, 6) is 0. The minimum absolute atomic E-state index is 0.0785. The van der Waals surface area contributed by atoms with Crippen molar-refractivity contribution in [3.05, 3.63) is 69.3 Å². The van der Waals surface area contributed by atoms with Gasteiger partial charge in [-0.1, -0.05) is 47.5 Å². The van der Waals surface area contributed by atoms with Gasteiger partial charge in [0.1, 0.15) is 0 Å². The molecular formula is C21H24Cl2N2. The lowest BCUT2D eigenvalue weighted by molar-refractivity contribution is 0.424. The number of nitrogens with one attached hydrogen (secondary N) is 1. The Morgan fingerprint density at radius 1 is 1.04 bits per heavy atom. The van der Waals surface area contributed by atoms with Crippen molar-refractivity contribution in [1.29, 1.82) is 0 Å². The Bertz CT molecular complexity index is 904. The number of benzene rings is 2. The second kappa shape index (κ2) is 7.03. The summed E-state index contributed by atoms with van der Waals surface area (Å²) in [5, 5.41) is 6.28. The van der Waals surface area contributed by atoms with Crippen LogP contribution < -0.4 is 5.32 Å². The van der Waals surface area contributed by atoms with E-state index in [2.05, 4.69) is 61.8 Å². The average molecular weight is 375 g/mol. The maximum Gasteiger partial charge on any atom is 0.0493 e.